The lowest BCUT2D eigenvalue weighted by atomic mass is 10.0. The van der Waals surface area contributed by atoms with Gasteiger partial charge >= 0.3 is 12.4 Å². The van der Waals surface area contributed by atoms with Crippen LogP contribution in [0.15, 0.2) is 36.5 Å². The molecular formula is C27H27F7N6O. The van der Waals surface area contributed by atoms with Gasteiger partial charge in [0, 0.05) is 26.3 Å². The largest absolute Gasteiger partial charge is 0.418 e. The molecule has 1 aliphatic rings. The van der Waals surface area contributed by atoms with Crippen LogP contribution in [0.25, 0.3) is 5.65 Å². The van der Waals surface area contributed by atoms with Crippen molar-refractivity contribution < 1.29 is 35.5 Å². The zero-order valence-electron chi connectivity index (χ0n) is 22.0. The lowest BCUT2D eigenvalue weighted by Gasteiger charge is -2.33. The minimum absolute atomic E-state index is 0.111. The highest BCUT2D eigenvalue weighted by Gasteiger charge is 2.35. The summed E-state index contributed by atoms with van der Waals surface area (Å²) in [5.41, 5.74) is -1.94. The third kappa shape index (κ3) is 7.02. The van der Waals surface area contributed by atoms with Crippen molar-refractivity contribution in [2.24, 2.45) is 0 Å². The summed E-state index contributed by atoms with van der Waals surface area (Å²) >= 11 is 0. The molecule has 1 amide bonds. The number of halogens is 7. The summed E-state index contributed by atoms with van der Waals surface area (Å²) in [4.78, 5) is 18.3. The molecule has 0 spiro atoms. The van der Waals surface area contributed by atoms with Gasteiger partial charge in [0.05, 0.1) is 47.2 Å². The summed E-state index contributed by atoms with van der Waals surface area (Å²) in [6.45, 7) is 0.413. The number of aromatic nitrogens is 2. The number of amides is 1. The number of hydrogen-bond acceptors (Lipinski definition) is 5. The standard InChI is InChI=1S/C27H27F7N6O/c1-35-25(41)16-6-3-7-17(27(32,33)34)23(16)36-11-4-8-20-22(14-26(29,30)31)40-12-5-9-21(24(40)38-20)37-19-10-13-39(2)15-18(19)28/h3,5-7,9,12,18-19,36-37H,10-11,13-15H2,1-2H3,(H,35,41)/t18-,19+/m0/s1. The van der Waals surface area contributed by atoms with Crippen LogP contribution in [0.2, 0.25) is 0 Å². The van der Waals surface area contributed by atoms with Gasteiger partial charge in [0.25, 0.3) is 5.91 Å². The van der Waals surface area contributed by atoms with E-state index in [1.165, 1.54) is 29.8 Å². The Hall–Kier alpha value is -3.99. The van der Waals surface area contributed by atoms with Crippen LogP contribution < -0.4 is 16.0 Å². The Morgan fingerprint density at radius 1 is 1.15 bits per heavy atom. The number of piperidine rings is 1. The van der Waals surface area contributed by atoms with E-state index in [0.29, 0.717) is 18.7 Å². The Morgan fingerprint density at radius 2 is 1.90 bits per heavy atom. The summed E-state index contributed by atoms with van der Waals surface area (Å²) in [5, 5.41) is 7.80. The molecule has 220 valence electrons. The molecule has 0 bridgehead atoms. The molecule has 2 atom stereocenters. The van der Waals surface area contributed by atoms with Crippen LogP contribution in [-0.2, 0) is 12.6 Å². The summed E-state index contributed by atoms with van der Waals surface area (Å²) in [5.74, 6) is 4.29. The predicted molar refractivity (Wildman–Crippen MR) is 140 cm³/mol. The second-order valence-electron chi connectivity index (χ2n) is 9.59. The van der Waals surface area contributed by atoms with Gasteiger partial charge in [-0.3, -0.25) is 4.79 Å². The van der Waals surface area contributed by atoms with E-state index in [9.17, 15) is 35.5 Å². The number of imidazole rings is 1. The minimum atomic E-state index is -4.78. The number of likely N-dealkylation sites (tertiary alicyclic amines) is 1. The normalized spacial score (nSPS) is 18.1. The first-order valence-corrected chi connectivity index (χ1v) is 12.6. The van der Waals surface area contributed by atoms with Crippen molar-refractivity contribution in [3.05, 3.63) is 59.0 Å². The topological polar surface area (TPSA) is 73.7 Å². The quantitative estimate of drug-likeness (QED) is 0.289. The molecule has 41 heavy (non-hydrogen) atoms. The van der Waals surface area contributed by atoms with Gasteiger partial charge in [0.15, 0.2) is 5.65 Å². The summed E-state index contributed by atoms with van der Waals surface area (Å²) in [7, 11) is 3.06. The molecule has 1 saturated heterocycles. The molecule has 3 heterocycles. The molecular weight excluding hydrogens is 557 g/mol. The van der Waals surface area contributed by atoms with Crippen LogP contribution in [0.1, 0.15) is 33.7 Å². The Kier molecular flexibility index (Phi) is 8.67. The highest BCUT2D eigenvalue weighted by Crippen LogP contribution is 2.36. The number of pyridine rings is 1. The number of para-hydroxylation sites is 1. The number of carbonyl (C=O) groups is 1. The maximum Gasteiger partial charge on any atom is 0.418 e. The van der Waals surface area contributed by atoms with Crippen molar-refractivity contribution in [1.29, 1.82) is 0 Å². The monoisotopic (exact) mass is 584 g/mol. The lowest BCUT2D eigenvalue weighted by Crippen LogP contribution is -2.46. The molecule has 7 nitrogen and oxygen atoms in total. The molecule has 0 saturated carbocycles. The SMILES string of the molecule is CNC(=O)c1cccc(C(F)(F)F)c1NCC#Cc1nc2c(N[C@@H]3CCN(C)C[C@@H]3F)cccn2c1CC(F)(F)F. The van der Waals surface area contributed by atoms with E-state index in [1.807, 2.05) is 4.90 Å². The third-order valence-electron chi connectivity index (χ3n) is 6.60. The van der Waals surface area contributed by atoms with Crippen molar-refractivity contribution in [3.8, 4) is 11.8 Å². The molecule has 3 aromatic rings. The van der Waals surface area contributed by atoms with E-state index in [4.69, 9.17) is 0 Å². The molecule has 4 rings (SSSR count). The second-order valence-corrected chi connectivity index (χ2v) is 9.59. The van der Waals surface area contributed by atoms with Crippen LogP contribution in [0.5, 0.6) is 0 Å². The fraction of sp³-hybridized carbons (Fsp3) is 0.407. The highest BCUT2D eigenvalue weighted by atomic mass is 19.4. The maximum atomic E-state index is 14.6. The summed E-state index contributed by atoms with van der Waals surface area (Å²) < 4.78 is 97.1. The van der Waals surface area contributed by atoms with Gasteiger partial charge in [-0.25, -0.2) is 9.37 Å². The van der Waals surface area contributed by atoms with Gasteiger partial charge in [0.2, 0.25) is 0 Å². The van der Waals surface area contributed by atoms with E-state index >= 15 is 0 Å². The summed E-state index contributed by atoms with van der Waals surface area (Å²) in [6, 6.07) is 5.61. The van der Waals surface area contributed by atoms with Crippen molar-refractivity contribution in [2.45, 2.75) is 37.4 Å². The predicted octanol–water partition coefficient (Wildman–Crippen LogP) is 4.74. The van der Waals surface area contributed by atoms with E-state index in [1.54, 1.807) is 13.1 Å². The van der Waals surface area contributed by atoms with Crippen LogP contribution in [0.4, 0.5) is 42.1 Å². The second kappa shape index (κ2) is 11.9. The van der Waals surface area contributed by atoms with Crippen LogP contribution in [0.3, 0.4) is 0 Å². The molecule has 14 heteroatoms. The number of anilines is 2. The van der Waals surface area contributed by atoms with Crippen LogP contribution in [-0.4, -0.2) is 72.3 Å². The van der Waals surface area contributed by atoms with Crippen molar-refractivity contribution in [2.75, 3.05) is 44.4 Å². The number of fused-ring (bicyclic) bond motifs is 1. The average molecular weight is 585 g/mol. The maximum absolute atomic E-state index is 14.6. The number of nitrogens with one attached hydrogen (secondary N) is 3. The average Bonchev–Trinajstić information content (AvgIpc) is 3.23. The summed E-state index contributed by atoms with van der Waals surface area (Å²) in [6.07, 6.45) is -10.1. The Bertz CT molecular complexity index is 1470. The van der Waals surface area contributed by atoms with E-state index in [-0.39, 0.29) is 29.1 Å². The van der Waals surface area contributed by atoms with Crippen molar-refractivity contribution >= 4 is 22.9 Å². The van der Waals surface area contributed by atoms with Gasteiger partial charge in [0.1, 0.15) is 11.9 Å². The van der Waals surface area contributed by atoms with E-state index < -0.39 is 54.7 Å². The molecule has 1 aliphatic heterocycles. The molecule has 0 unspecified atom stereocenters. The fourth-order valence-corrected chi connectivity index (χ4v) is 4.67. The van der Waals surface area contributed by atoms with Crippen LogP contribution in [0, 0.1) is 11.8 Å². The molecule has 1 fully saturated rings. The number of rotatable bonds is 6. The minimum Gasteiger partial charge on any atom is -0.376 e. The van der Waals surface area contributed by atoms with Gasteiger partial charge in [-0.1, -0.05) is 12.0 Å². The zero-order chi connectivity index (χ0) is 29.9. The van der Waals surface area contributed by atoms with Crippen molar-refractivity contribution in [1.82, 2.24) is 19.6 Å². The smallest absolute Gasteiger partial charge is 0.376 e. The number of carbonyl (C=O) groups excluding carboxylic acids is 1. The Morgan fingerprint density at radius 3 is 2.56 bits per heavy atom. The number of alkyl halides is 7. The lowest BCUT2D eigenvalue weighted by molar-refractivity contribution is -0.137. The van der Waals surface area contributed by atoms with Gasteiger partial charge in [-0.05, 0) is 43.7 Å². The van der Waals surface area contributed by atoms with Crippen molar-refractivity contribution in [3.63, 3.8) is 0 Å². The van der Waals surface area contributed by atoms with Crippen LogP contribution >= 0.6 is 0 Å². The highest BCUT2D eigenvalue weighted by molar-refractivity contribution is 6.00. The number of nitrogens with zero attached hydrogens (tertiary/aromatic N) is 3. The Balaban J connectivity index is 1.67. The first kappa shape index (κ1) is 30.0. The van der Waals surface area contributed by atoms with Gasteiger partial charge in [-0.2, -0.15) is 26.3 Å². The Labute approximate surface area is 231 Å². The number of hydrogen-bond donors (Lipinski definition) is 3. The van der Waals surface area contributed by atoms with E-state index in [2.05, 4.69) is 32.8 Å². The first-order chi connectivity index (χ1) is 19.3. The fourth-order valence-electron chi connectivity index (χ4n) is 4.67. The molecule has 3 N–H and O–H groups in total. The zero-order valence-corrected chi connectivity index (χ0v) is 22.0. The first-order valence-electron chi connectivity index (χ1n) is 12.6. The molecule has 1 aromatic carbocycles. The third-order valence-corrected chi connectivity index (χ3v) is 6.60. The molecule has 0 radical (unpaired) electrons. The van der Waals surface area contributed by atoms with Gasteiger partial charge in [-0.15, -0.1) is 0 Å². The molecule has 2 aromatic heterocycles. The van der Waals surface area contributed by atoms with Gasteiger partial charge < -0.3 is 25.3 Å². The molecule has 0 aliphatic carbocycles. The van der Waals surface area contributed by atoms with E-state index in [0.717, 1.165) is 12.1 Å². The number of benzene rings is 1.